The highest BCUT2D eigenvalue weighted by Crippen LogP contribution is 2.45. The molecule has 0 bridgehead atoms. The third-order valence-electron chi connectivity index (χ3n) is 8.77. The number of nitrogens with one attached hydrogen (secondary N) is 2. The number of fused-ring (bicyclic) bond motifs is 2. The molecular formula is C28H33F3N6O5. The molecule has 2 saturated heterocycles. The van der Waals surface area contributed by atoms with Crippen molar-refractivity contribution in [2.24, 2.45) is 17.3 Å². The number of rotatable bonds is 4. The van der Waals surface area contributed by atoms with E-state index in [1.54, 1.807) is 32.9 Å². The summed E-state index contributed by atoms with van der Waals surface area (Å²) in [4.78, 5) is 60.0. The Balaban J connectivity index is 1.48. The first-order valence-electron chi connectivity index (χ1n) is 13.9. The van der Waals surface area contributed by atoms with Gasteiger partial charge in [0.25, 0.3) is 11.8 Å². The van der Waals surface area contributed by atoms with Crippen LogP contribution in [0.3, 0.4) is 0 Å². The van der Waals surface area contributed by atoms with Gasteiger partial charge in [-0.1, -0.05) is 20.8 Å². The molecule has 4 amide bonds. The molecule has 5 rings (SSSR count). The Morgan fingerprint density at radius 2 is 2.00 bits per heavy atom. The van der Waals surface area contributed by atoms with Gasteiger partial charge in [0.15, 0.2) is 11.6 Å². The Hall–Kier alpha value is -3.89. The van der Waals surface area contributed by atoms with E-state index in [1.165, 1.54) is 16.0 Å². The smallest absolute Gasteiger partial charge is 0.315 e. The van der Waals surface area contributed by atoms with Crippen molar-refractivity contribution in [3.05, 3.63) is 18.3 Å². The quantitative estimate of drug-likeness (QED) is 0.546. The van der Waals surface area contributed by atoms with Gasteiger partial charge < -0.3 is 25.2 Å². The molecule has 3 fully saturated rings. The molecule has 4 aliphatic rings. The Kier molecular flexibility index (Phi) is 7.57. The van der Waals surface area contributed by atoms with E-state index in [9.17, 15) is 37.6 Å². The summed E-state index contributed by atoms with van der Waals surface area (Å²) in [6.45, 7) is 4.56. The van der Waals surface area contributed by atoms with Crippen LogP contribution in [0.15, 0.2) is 18.3 Å². The second-order valence-corrected chi connectivity index (χ2v) is 12.6. The number of carbonyl (C=O) groups excluding carboxylic acids is 4. The molecule has 1 aromatic heterocycles. The zero-order valence-electron chi connectivity index (χ0n) is 23.5. The van der Waals surface area contributed by atoms with Gasteiger partial charge in [0.05, 0.1) is 12.6 Å². The number of alkyl halides is 3. The van der Waals surface area contributed by atoms with E-state index < -0.39 is 71.3 Å². The molecule has 226 valence electrons. The third-order valence-corrected chi connectivity index (χ3v) is 8.77. The zero-order chi connectivity index (χ0) is 30.6. The van der Waals surface area contributed by atoms with Crippen LogP contribution in [0.25, 0.3) is 0 Å². The third kappa shape index (κ3) is 5.13. The van der Waals surface area contributed by atoms with E-state index in [-0.39, 0.29) is 49.8 Å². The summed E-state index contributed by atoms with van der Waals surface area (Å²) in [6.07, 6.45) is -2.57. The topological polar surface area (TPSA) is 145 Å². The van der Waals surface area contributed by atoms with Crippen molar-refractivity contribution in [2.45, 2.75) is 82.8 Å². The number of hydrogen-bond acceptors (Lipinski definition) is 7. The van der Waals surface area contributed by atoms with Gasteiger partial charge in [-0.05, 0) is 48.6 Å². The molecule has 7 atom stereocenters. The monoisotopic (exact) mass is 590 g/mol. The van der Waals surface area contributed by atoms with Crippen LogP contribution < -0.4 is 15.4 Å². The Labute approximate surface area is 240 Å². The van der Waals surface area contributed by atoms with Crippen LogP contribution >= 0.6 is 0 Å². The summed E-state index contributed by atoms with van der Waals surface area (Å²) in [5, 5.41) is 14.8. The predicted molar refractivity (Wildman–Crippen MR) is 141 cm³/mol. The number of ether oxygens (including phenoxy) is 1. The lowest BCUT2D eigenvalue weighted by Gasteiger charge is -2.38. The number of nitrogens with zero attached hydrogens (tertiary/aromatic N) is 4. The SMILES string of the molecule is CC(C)(C)[C@H](NC(=O)C(F)F)C(=O)N1CC2CC[C@@H](F)C[C@@H]2[C@H]1C(=O)N1C[C@@]2(C[C@H]1C#N)Oc1cccnc1NC2=O. The first-order chi connectivity index (χ1) is 19.8. The molecule has 11 nitrogen and oxygen atoms in total. The zero-order valence-corrected chi connectivity index (χ0v) is 23.5. The van der Waals surface area contributed by atoms with Crippen LogP contribution in [0, 0.1) is 28.6 Å². The maximum atomic E-state index is 14.7. The Bertz CT molecular complexity index is 1330. The van der Waals surface area contributed by atoms with E-state index in [4.69, 9.17) is 4.74 Å². The minimum absolute atomic E-state index is 0.000660. The second kappa shape index (κ2) is 10.7. The van der Waals surface area contributed by atoms with Gasteiger partial charge in [-0.15, -0.1) is 0 Å². The molecular weight excluding hydrogens is 557 g/mol. The average Bonchev–Trinajstić information content (AvgIpc) is 3.49. The summed E-state index contributed by atoms with van der Waals surface area (Å²) >= 11 is 0. The molecule has 0 aromatic carbocycles. The van der Waals surface area contributed by atoms with Crippen molar-refractivity contribution in [2.75, 3.05) is 18.4 Å². The highest BCUT2D eigenvalue weighted by Gasteiger charge is 2.59. The number of carbonyl (C=O) groups is 4. The summed E-state index contributed by atoms with van der Waals surface area (Å²) in [6, 6.07) is 1.55. The summed E-state index contributed by atoms with van der Waals surface area (Å²) in [5.74, 6) is -3.96. The molecule has 0 radical (unpaired) electrons. The maximum absolute atomic E-state index is 14.7. The minimum atomic E-state index is -3.35. The number of nitriles is 1. The lowest BCUT2D eigenvalue weighted by Crippen LogP contribution is -2.60. The van der Waals surface area contributed by atoms with Crippen LogP contribution in [-0.4, -0.2) is 87.8 Å². The fourth-order valence-corrected chi connectivity index (χ4v) is 6.66. The molecule has 1 saturated carbocycles. The number of likely N-dealkylation sites (tertiary alicyclic amines) is 2. The number of pyridine rings is 1. The van der Waals surface area contributed by atoms with E-state index in [1.807, 2.05) is 0 Å². The number of aromatic nitrogens is 1. The van der Waals surface area contributed by atoms with Crippen molar-refractivity contribution in [3.8, 4) is 11.8 Å². The van der Waals surface area contributed by atoms with Crippen LogP contribution in [0.1, 0.15) is 46.5 Å². The number of halogens is 3. The van der Waals surface area contributed by atoms with Crippen LogP contribution in [-0.2, 0) is 19.2 Å². The summed E-state index contributed by atoms with van der Waals surface area (Å²) < 4.78 is 47.1. The molecule has 2 N–H and O–H groups in total. The summed E-state index contributed by atoms with van der Waals surface area (Å²) in [7, 11) is 0. The van der Waals surface area contributed by atoms with Gasteiger partial charge in [0, 0.05) is 19.2 Å². The summed E-state index contributed by atoms with van der Waals surface area (Å²) in [5.41, 5.74) is -2.60. The van der Waals surface area contributed by atoms with Gasteiger partial charge >= 0.3 is 6.43 Å². The van der Waals surface area contributed by atoms with Crippen LogP contribution in [0.2, 0.25) is 0 Å². The molecule has 1 unspecified atom stereocenters. The van der Waals surface area contributed by atoms with Gasteiger partial charge in [-0.2, -0.15) is 14.0 Å². The molecule has 42 heavy (non-hydrogen) atoms. The van der Waals surface area contributed by atoms with Crippen molar-refractivity contribution < 1.29 is 37.1 Å². The van der Waals surface area contributed by atoms with Crippen molar-refractivity contribution in [1.29, 1.82) is 5.26 Å². The van der Waals surface area contributed by atoms with E-state index in [0.29, 0.717) is 6.42 Å². The van der Waals surface area contributed by atoms with E-state index in [2.05, 4.69) is 21.7 Å². The molecule has 14 heteroatoms. The molecule has 1 spiro atoms. The first-order valence-corrected chi connectivity index (χ1v) is 13.9. The average molecular weight is 591 g/mol. The molecule has 3 aliphatic heterocycles. The van der Waals surface area contributed by atoms with Crippen molar-refractivity contribution >= 4 is 29.4 Å². The van der Waals surface area contributed by atoms with Gasteiger partial charge in [0.1, 0.15) is 24.3 Å². The minimum Gasteiger partial charge on any atom is -0.472 e. The van der Waals surface area contributed by atoms with Gasteiger partial charge in [0.2, 0.25) is 17.4 Å². The normalized spacial score (nSPS) is 31.1. The molecule has 1 aliphatic carbocycles. The largest absolute Gasteiger partial charge is 0.472 e. The van der Waals surface area contributed by atoms with Crippen molar-refractivity contribution in [1.82, 2.24) is 20.1 Å². The maximum Gasteiger partial charge on any atom is 0.315 e. The molecule has 4 heterocycles. The van der Waals surface area contributed by atoms with Gasteiger partial charge in [-0.3, -0.25) is 19.2 Å². The van der Waals surface area contributed by atoms with E-state index in [0.717, 1.165) is 0 Å². The van der Waals surface area contributed by atoms with Gasteiger partial charge in [-0.25, -0.2) is 9.37 Å². The standard InChI is InChI=1S/C28H33F3N6O5/c1-27(2,3)20(34-23(38)21(30)31)25(40)36-12-14-6-7-15(29)9-17(14)19(36)24(39)37-13-28(10-16(37)11-32)26(41)35-22-18(42-28)5-4-8-33-22/h4-5,8,14-17,19-21H,6-7,9-10,12-13H2,1-3H3,(H,34,38)(H,33,35,41)/t14?,15-,16+,17+,19+,20-,28-/m1/s1. The lowest BCUT2D eigenvalue weighted by atomic mass is 9.77. The second-order valence-electron chi connectivity index (χ2n) is 12.6. The van der Waals surface area contributed by atoms with Crippen molar-refractivity contribution in [3.63, 3.8) is 0 Å². The number of anilines is 1. The lowest BCUT2D eigenvalue weighted by molar-refractivity contribution is -0.150. The van der Waals surface area contributed by atoms with E-state index >= 15 is 0 Å². The highest BCUT2D eigenvalue weighted by molar-refractivity contribution is 6.01. The Morgan fingerprint density at radius 3 is 2.67 bits per heavy atom. The molecule has 1 aromatic rings. The predicted octanol–water partition coefficient (Wildman–Crippen LogP) is 2.04. The van der Waals surface area contributed by atoms with Crippen LogP contribution in [0.5, 0.6) is 5.75 Å². The number of hydrogen-bond donors (Lipinski definition) is 2. The van der Waals surface area contributed by atoms with Crippen LogP contribution in [0.4, 0.5) is 19.0 Å². The Morgan fingerprint density at radius 1 is 1.26 bits per heavy atom. The highest BCUT2D eigenvalue weighted by atomic mass is 19.3. The first kappa shape index (κ1) is 29.6. The fourth-order valence-electron chi connectivity index (χ4n) is 6.66. The fraction of sp³-hybridized carbons (Fsp3) is 0.643. The number of amides is 4.